The average molecular weight is 283 g/mol. The maximum atomic E-state index is 5.79. The van der Waals surface area contributed by atoms with E-state index >= 15 is 0 Å². The maximum absolute atomic E-state index is 5.79. The van der Waals surface area contributed by atoms with Crippen LogP contribution in [-0.2, 0) is 0 Å². The minimum absolute atomic E-state index is 0.501. The molecular formula is C14H25N3OS. The van der Waals surface area contributed by atoms with Gasteiger partial charge in [-0.3, -0.25) is 0 Å². The highest BCUT2D eigenvalue weighted by atomic mass is 32.1. The van der Waals surface area contributed by atoms with Crippen LogP contribution in [0, 0.1) is 11.8 Å². The Labute approximate surface area is 119 Å². The lowest BCUT2D eigenvalue weighted by Crippen LogP contribution is -2.16. The first-order chi connectivity index (χ1) is 9.20. The van der Waals surface area contributed by atoms with Gasteiger partial charge in [0.25, 0.3) is 0 Å². The number of rotatable bonds is 6. The van der Waals surface area contributed by atoms with Crippen molar-refractivity contribution in [2.75, 3.05) is 24.2 Å². The monoisotopic (exact) mass is 283 g/mol. The molecule has 2 atom stereocenters. The Hall–Kier alpha value is -0.970. The Morgan fingerprint density at radius 2 is 2.32 bits per heavy atom. The van der Waals surface area contributed by atoms with E-state index in [1.165, 1.54) is 43.6 Å². The van der Waals surface area contributed by atoms with Crippen LogP contribution in [0.2, 0.25) is 0 Å². The van der Waals surface area contributed by atoms with E-state index in [1.54, 1.807) is 0 Å². The predicted octanol–water partition coefficient (Wildman–Crippen LogP) is 3.75. The molecule has 1 fully saturated rings. The van der Waals surface area contributed by atoms with E-state index in [-0.39, 0.29) is 0 Å². The van der Waals surface area contributed by atoms with Crippen molar-refractivity contribution in [3.8, 4) is 5.75 Å². The van der Waals surface area contributed by atoms with Crippen LogP contribution in [0.1, 0.15) is 46.0 Å². The summed E-state index contributed by atoms with van der Waals surface area (Å²) in [7, 11) is 0. The minimum Gasteiger partial charge on any atom is -0.487 e. The summed E-state index contributed by atoms with van der Waals surface area (Å²) in [6, 6.07) is 0. The van der Waals surface area contributed by atoms with Crippen molar-refractivity contribution in [3.05, 3.63) is 0 Å². The highest BCUT2D eigenvalue weighted by Gasteiger charge is 2.19. The third-order valence-corrected chi connectivity index (χ3v) is 4.65. The van der Waals surface area contributed by atoms with Crippen LogP contribution in [0.3, 0.4) is 0 Å². The van der Waals surface area contributed by atoms with Gasteiger partial charge in [0.2, 0.25) is 0 Å². The molecule has 1 aromatic heterocycles. The van der Waals surface area contributed by atoms with E-state index in [1.807, 2.05) is 6.92 Å². The standard InChI is InChI=1S/C14H25N3OS/c1-3-18-12-13(15)17-19-14(12)16-8-7-11-6-4-5-10(2)9-11/h10-11,16H,3-9H2,1-2H3,(H2,15,17). The molecule has 0 saturated heterocycles. The summed E-state index contributed by atoms with van der Waals surface area (Å²) in [4.78, 5) is 0. The molecule has 4 nitrogen and oxygen atoms in total. The van der Waals surface area contributed by atoms with Gasteiger partial charge in [-0.2, -0.15) is 4.37 Å². The number of hydrogen-bond donors (Lipinski definition) is 2. The summed E-state index contributed by atoms with van der Waals surface area (Å²) in [5.74, 6) is 3.00. The van der Waals surface area contributed by atoms with E-state index in [2.05, 4.69) is 16.6 Å². The molecule has 1 aliphatic carbocycles. The first-order valence-corrected chi connectivity index (χ1v) is 8.09. The molecule has 0 bridgehead atoms. The number of nitrogens with zero attached hydrogens (tertiary/aromatic N) is 1. The SMILES string of the molecule is CCOc1c(N)nsc1NCCC1CCCC(C)C1. The molecule has 2 unspecified atom stereocenters. The smallest absolute Gasteiger partial charge is 0.197 e. The van der Waals surface area contributed by atoms with Crippen LogP contribution in [0.25, 0.3) is 0 Å². The van der Waals surface area contributed by atoms with E-state index in [4.69, 9.17) is 10.5 Å². The van der Waals surface area contributed by atoms with Crippen molar-refractivity contribution in [2.45, 2.75) is 46.0 Å². The quantitative estimate of drug-likeness (QED) is 0.834. The van der Waals surface area contributed by atoms with Crippen molar-refractivity contribution in [1.29, 1.82) is 0 Å². The number of ether oxygens (including phenoxy) is 1. The summed E-state index contributed by atoms with van der Waals surface area (Å²) in [6.07, 6.45) is 6.79. The number of nitrogen functional groups attached to an aromatic ring is 1. The molecule has 1 heterocycles. The van der Waals surface area contributed by atoms with E-state index < -0.39 is 0 Å². The number of nitrogens with one attached hydrogen (secondary N) is 1. The van der Waals surface area contributed by atoms with Gasteiger partial charge in [0.15, 0.2) is 16.6 Å². The second-order valence-corrected chi connectivity index (χ2v) is 6.29. The van der Waals surface area contributed by atoms with Crippen molar-refractivity contribution < 1.29 is 4.74 Å². The zero-order chi connectivity index (χ0) is 13.7. The van der Waals surface area contributed by atoms with Gasteiger partial charge in [-0.1, -0.05) is 26.2 Å². The Balaban J connectivity index is 1.79. The largest absolute Gasteiger partial charge is 0.487 e. The summed E-state index contributed by atoms with van der Waals surface area (Å²) in [5.41, 5.74) is 5.79. The van der Waals surface area contributed by atoms with Gasteiger partial charge in [-0.25, -0.2) is 0 Å². The molecule has 108 valence electrons. The first-order valence-electron chi connectivity index (χ1n) is 7.32. The van der Waals surface area contributed by atoms with E-state index in [0.717, 1.165) is 29.1 Å². The van der Waals surface area contributed by atoms with Gasteiger partial charge in [0.05, 0.1) is 6.61 Å². The Kier molecular flexibility index (Phi) is 5.31. The molecule has 0 radical (unpaired) electrons. The van der Waals surface area contributed by atoms with E-state index in [9.17, 15) is 0 Å². The van der Waals surface area contributed by atoms with Crippen molar-refractivity contribution in [2.24, 2.45) is 11.8 Å². The van der Waals surface area contributed by atoms with Crippen LogP contribution < -0.4 is 15.8 Å². The van der Waals surface area contributed by atoms with Gasteiger partial charge < -0.3 is 15.8 Å². The third kappa shape index (κ3) is 4.00. The van der Waals surface area contributed by atoms with Crippen LogP contribution in [0.5, 0.6) is 5.75 Å². The Morgan fingerprint density at radius 1 is 1.47 bits per heavy atom. The average Bonchev–Trinajstić information content (AvgIpc) is 2.72. The lowest BCUT2D eigenvalue weighted by Gasteiger charge is -2.26. The lowest BCUT2D eigenvalue weighted by molar-refractivity contribution is 0.274. The predicted molar refractivity (Wildman–Crippen MR) is 81.9 cm³/mol. The van der Waals surface area contributed by atoms with Crippen molar-refractivity contribution in [3.63, 3.8) is 0 Å². The molecule has 19 heavy (non-hydrogen) atoms. The fraction of sp³-hybridized carbons (Fsp3) is 0.786. The Morgan fingerprint density at radius 3 is 3.05 bits per heavy atom. The summed E-state index contributed by atoms with van der Waals surface area (Å²) in [6.45, 7) is 5.94. The third-order valence-electron chi connectivity index (χ3n) is 3.85. The zero-order valence-corrected chi connectivity index (χ0v) is 12.8. The molecule has 0 aromatic carbocycles. The minimum atomic E-state index is 0.501. The summed E-state index contributed by atoms with van der Waals surface area (Å²) >= 11 is 1.39. The maximum Gasteiger partial charge on any atom is 0.197 e. The normalized spacial score (nSPS) is 23.3. The van der Waals surface area contributed by atoms with Gasteiger partial charge in [0.1, 0.15) is 0 Å². The van der Waals surface area contributed by atoms with Gasteiger partial charge in [0, 0.05) is 6.54 Å². The van der Waals surface area contributed by atoms with Gasteiger partial charge in [-0.05, 0) is 43.1 Å². The molecule has 1 aliphatic rings. The van der Waals surface area contributed by atoms with Crippen molar-refractivity contribution in [1.82, 2.24) is 4.37 Å². The van der Waals surface area contributed by atoms with Crippen LogP contribution in [-0.4, -0.2) is 17.5 Å². The lowest BCUT2D eigenvalue weighted by atomic mass is 9.81. The molecular weight excluding hydrogens is 258 g/mol. The van der Waals surface area contributed by atoms with Crippen LogP contribution >= 0.6 is 11.5 Å². The van der Waals surface area contributed by atoms with Gasteiger partial charge >= 0.3 is 0 Å². The second-order valence-electron chi connectivity index (χ2n) is 5.51. The fourth-order valence-corrected chi connectivity index (χ4v) is 3.59. The highest BCUT2D eigenvalue weighted by Crippen LogP contribution is 2.36. The first kappa shape index (κ1) is 14.4. The summed E-state index contributed by atoms with van der Waals surface area (Å²) in [5, 5.41) is 4.41. The molecule has 0 amide bonds. The number of aromatic nitrogens is 1. The number of nitrogens with two attached hydrogens (primary N) is 1. The molecule has 3 N–H and O–H groups in total. The van der Waals surface area contributed by atoms with Crippen LogP contribution in [0.15, 0.2) is 0 Å². The fourth-order valence-electron chi connectivity index (χ4n) is 2.90. The molecule has 0 spiro atoms. The molecule has 2 rings (SSSR count). The van der Waals surface area contributed by atoms with Crippen molar-refractivity contribution >= 4 is 22.4 Å². The van der Waals surface area contributed by atoms with Crippen LogP contribution in [0.4, 0.5) is 10.8 Å². The Bertz CT molecular complexity index is 394. The second kappa shape index (κ2) is 6.98. The number of hydrogen-bond acceptors (Lipinski definition) is 5. The topological polar surface area (TPSA) is 60.2 Å². The summed E-state index contributed by atoms with van der Waals surface area (Å²) < 4.78 is 9.67. The number of anilines is 2. The molecule has 1 aromatic rings. The zero-order valence-electron chi connectivity index (χ0n) is 11.9. The van der Waals surface area contributed by atoms with E-state index in [0.29, 0.717) is 12.4 Å². The highest BCUT2D eigenvalue weighted by molar-refractivity contribution is 7.11. The molecule has 1 saturated carbocycles. The molecule has 0 aliphatic heterocycles. The van der Waals surface area contributed by atoms with Gasteiger partial charge in [-0.15, -0.1) is 0 Å². The molecule has 5 heteroatoms.